The monoisotopic (exact) mass is 469 g/mol. The molecule has 174 valence electrons. The highest BCUT2D eigenvalue weighted by Gasteiger charge is 2.24. The summed E-state index contributed by atoms with van der Waals surface area (Å²) in [6, 6.07) is 17.8. The Kier molecular flexibility index (Phi) is 8.08. The van der Waals surface area contributed by atoms with Gasteiger partial charge in [-0.1, -0.05) is 54.1 Å². The van der Waals surface area contributed by atoms with Crippen LogP contribution in [0.15, 0.2) is 77.7 Å². The number of aromatic hydroxyl groups is 1. The summed E-state index contributed by atoms with van der Waals surface area (Å²) in [4.78, 5) is 11.3. The molecule has 3 aromatic carbocycles. The largest absolute Gasteiger partial charge is 0.508 e. The lowest BCUT2D eigenvalue weighted by atomic mass is 10.0. The second-order valence-electron chi connectivity index (χ2n) is 7.45. The van der Waals surface area contributed by atoms with Crippen molar-refractivity contribution in [2.45, 2.75) is 18.2 Å². The number of hydrogen-bond donors (Lipinski definition) is 1. The fraction of sp³-hybridized carbons (Fsp3) is 0.240. The molecule has 0 saturated carbocycles. The third kappa shape index (κ3) is 6.12. The maximum atomic E-state index is 13.4. The summed E-state index contributed by atoms with van der Waals surface area (Å²) in [6.45, 7) is 2.09. The van der Waals surface area contributed by atoms with Crippen LogP contribution in [0.1, 0.15) is 11.1 Å². The highest BCUT2D eigenvalue weighted by Crippen LogP contribution is 2.28. The minimum absolute atomic E-state index is 0.0325. The predicted octanol–water partition coefficient (Wildman–Crippen LogP) is 4.43. The molecule has 0 unspecified atom stereocenters. The topological polar surface area (TPSA) is 93.1 Å². The van der Waals surface area contributed by atoms with Gasteiger partial charge in [-0.05, 0) is 48.4 Å². The number of sulfonamides is 1. The molecule has 0 aliphatic carbocycles. The Labute approximate surface area is 193 Å². The number of carbonyl (C=O) groups excluding carboxylic acids is 1. The van der Waals surface area contributed by atoms with E-state index in [9.17, 15) is 18.3 Å². The fourth-order valence-corrected chi connectivity index (χ4v) is 4.82. The van der Waals surface area contributed by atoms with Crippen LogP contribution in [0.2, 0.25) is 0 Å². The summed E-state index contributed by atoms with van der Waals surface area (Å²) >= 11 is 0. The second kappa shape index (κ2) is 11.0. The van der Waals surface area contributed by atoms with E-state index in [2.05, 4.69) is 4.74 Å². The van der Waals surface area contributed by atoms with Crippen LogP contribution < -0.4 is 0 Å². The van der Waals surface area contributed by atoms with E-state index >= 15 is 0 Å². The number of phenolic OH excluding ortho intramolecular Hbond substituents is 1. The fourth-order valence-electron chi connectivity index (χ4n) is 3.43. The van der Waals surface area contributed by atoms with Gasteiger partial charge < -0.3 is 14.6 Å². The van der Waals surface area contributed by atoms with E-state index in [1.165, 1.54) is 11.4 Å². The van der Waals surface area contributed by atoms with Gasteiger partial charge in [-0.2, -0.15) is 4.31 Å². The van der Waals surface area contributed by atoms with Crippen molar-refractivity contribution in [1.29, 1.82) is 0 Å². The number of carbonyl (C=O) groups is 1. The summed E-state index contributed by atoms with van der Waals surface area (Å²) in [6.07, 6.45) is 2.70. The molecule has 0 spiro atoms. The molecule has 33 heavy (non-hydrogen) atoms. The molecule has 0 amide bonds. The predicted molar refractivity (Wildman–Crippen MR) is 127 cm³/mol. The highest BCUT2D eigenvalue weighted by molar-refractivity contribution is 7.89. The number of aryl methyl sites for hydroxylation is 1. The van der Waals surface area contributed by atoms with Crippen molar-refractivity contribution in [2.24, 2.45) is 0 Å². The zero-order chi connectivity index (χ0) is 23.8. The van der Waals surface area contributed by atoms with Gasteiger partial charge in [0.05, 0.1) is 12.0 Å². The molecule has 1 N–H and O–H groups in total. The lowest BCUT2D eigenvalue weighted by molar-refractivity contribution is 0.0817. The SMILES string of the molecule is COC(=O)OC/C=C/CN(CCc1c(O)ccc2ccccc12)S(=O)(=O)c1ccc(C)cc1. The van der Waals surface area contributed by atoms with Gasteiger partial charge in [0.1, 0.15) is 12.4 Å². The molecule has 3 rings (SSSR count). The van der Waals surface area contributed by atoms with Crippen LogP contribution in [0.5, 0.6) is 5.75 Å². The first kappa shape index (κ1) is 24.3. The molecule has 7 nitrogen and oxygen atoms in total. The molecule has 0 saturated heterocycles. The minimum atomic E-state index is -3.79. The zero-order valence-corrected chi connectivity index (χ0v) is 19.4. The molecule has 0 fully saturated rings. The van der Waals surface area contributed by atoms with E-state index in [-0.39, 0.29) is 30.3 Å². The number of methoxy groups -OCH3 is 1. The summed E-state index contributed by atoms with van der Waals surface area (Å²) in [5, 5.41) is 12.3. The minimum Gasteiger partial charge on any atom is -0.508 e. The first-order valence-electron chi connectivity index (χ1n) is 10.4. The molecule has 3 aromatic rings. The quantitative estimate of drug-likeness (QED) is 0.368. The number of hydrogen-bond acceptors (Lipinski definition) is 6. The first-order chi connectivity index (χ1) is 15.8. The van der Waals surface area contributed by atoms with Gasteiger partial charge in [-0.25, -0.2) is 13.2 Å². The number of ether oxygens (including phenoxy) is 2. The molecule has 0 aliphatic rings. The maximum Gasteiger partial charge on any atom is 0.508 e. The average molecular weight is 470 g/mol. The van der Waals surface area contributed by atoms with Gasteiger partial charge in [-0.15, -0.1) is 0 Å². The van der Waals surface area contributed by atoms with Crippen LogP contribution >= 0.6 is 0 Å². The van der Waals surface area contributed by atoms with Crippen molar-refractivity contribution < 1.29 is 27.8 Å². The molecule has 0 aromatic heterocycles. The molecular weight excluding hydrogens is 442 g/mol. The van der Waals surface area contributed by atoms with E-state index in [4.69, 9.17) is 4.74 Å². The molecule has 8 heteroatoms. The van der Waals surface area contributed by atoms with Crippen molar-refractivity contribution in [1.82, 2.24) is 4.31 Å². The van der Waals surface area contributed by atoms with E-state index in [1.807, 2.05) is 37.3 Å². The van der Waals surface area contributed by atoms with Gasteiger partial charge in [0, 0.05) is 18.7 Å². The molecular formula is C25H27NO6S. The van der Waals surface area contributed by atoms with Gasteiger partial charge in [0.15, 0.2) is 0 Å². The summed E-state index contributed by atoms with van der Waals surface area (Å²) in [5.41, 5.74) is 1.65. The molecule has 0 radical (unpaired) electrons. The summed E-state index contributed by atoms with van der Waals surface area (Å²) in [5.74, 6) is 0.128. The van der Waals surface area contributed by atoms with Crippen LogP contribution in [0.25, 0.3) is 10.8 Å². The standard InChI is InChI=1S/C25H27NO6S/c1-19-9-12-21(13-10-19)33(29,30)26(16-5-6-18-32-25(28)31-2)17-15-23-22-8-4-3-7-20(22)11-14-24(23)27/h3-14,27H,15-18H2,1-2H3/b6-5+. The Hall–Kier alpha value is -3.36. The smallest absolute Gasteiger partial charge is 0.508 e. The Morgan fingerprint density at radius 2 is 1.76 bits per heavy atom. The first-order valence-corrected chi connectivity index (χ1v) is 11.9. The van der Waals surface area contributed by atoms with Crippen molar-refractivity contribution >= 4 is 27.0 Å². The van der Waals surface area contributed by atoms with Gasteiger partial charge in [0.2, 0.25) is 10.0 Å². The van der Waals surface area contributed by atoms with Crippen molar-refractivity contribution in [3.63, 3.8) is 0 Å². The van der Waals surface area contributed by atoms with Crippen molar-refractivity contribution in [3.05, 3.63) is 83.9 Å². The number of benzene rings is 3. The third-order valence-corrected chi connectivity index (χ3v) is 7.10. The van der Waals surface area contributed by atoms with Crippen LogP contribution in [0, 0.1) is 6.92 Å². The average Bonchev–Trinajstić information content (AvgIpc) is 2.81. The van der Waals surface area contributed by atoms with Crippen LogP contribution in [-0.2, 0) is 25.9 Å². The molecule has 0 aliphatic heterocycles. The van der Waals surface area contributed by atoms with Crippen molar-refractivity contribution in [2.75, 3.05) is 26.8 Å². The summed E-state index contributed by atoms with van der Waals surface area (Å²) in [7, 11) is -2.58. The Balaban J connectivity index is 1.84. The second-order valence-corrected chi connectivity index (χ2v) is 9.38. The van der Waals surface area contributed by atoms with Crippen LogP contribution in [0.3, 0.4) is 0 Å². The number of phenols is 1. The number of rotatable bonds is 9. The van der Waals surface area contributed by atoms with E-state index in [0.717, 1.165) is 16.3 Å². The summed E-state index contributed by atoms with van der Waals surface area (Å²) < 4.78 is 37.3. The molecule has 0 heterocycles. The van der Waals surface area contributed by atoms with E-state index < -0.39 is 16.2 Å². The molecule has 0 atom stereocenters. The van der Waals surface area contributed by atoms with E-state index in [0.29, 0.717) is 12.0 Å². The normalized spacial score (nSPS) is 11.8. The zero-order valence-electron chi connectivity index (χ0n) is 18.6. The lowest BCUT2D eigenvalue weighted by Gasteiger charge is -2.22. The number of fused-ring (bicyclic) bond motifs is 1. The number of nitrogens with zero attached hydrogens (tertiary/aromatic N) is 1. The van der Waals surface area contributed by atoms with E-state index in [1.54, 1.807) is 42.5 Å². The third-order valence-electron chi connectivity index (χ3n) is 5.23. The van der Waals surface area contributed by atoms with Gasteiger partial charge >= 0.3 is 6.16 Å². The van der Waals surface area contributed by atoms with Crippen molar-refractivity contribution in [3.8, 4) is 5.75 Å². The Morgan fingerprint density at radius 3 is 2.48 bits per heavy atom. The lowest BCUT2D eigenvalue weighted by Crippen LogP contribution is -2.33. The van der Waals surface area contributed by atoms with Crippen LogP contribution in [0.4, 0.5) is 4.79 Å². The van der Waals surface area contributed by atoms with Gasteiger partial charge in [-0.3, -0.25) is 0 Å². The highest BCUT2D eigenvalue weighted by atomic mass is 32.2. The molecule has 0 bridgehead atoms. The Bertz CT molecular complexity index is 1240. The maximum absolute atomic E-state index is 13.4. The van der Waals surface area contributed by atoms with Gasteiger partial charge in [0.25, 0.3) is 0 Å². The van der Waals surface area contributed by atoms with Crippen LogP contribution in [-0.4, -0.2) is 50.8 Å². The Morgan fingerprint density at radius 1 is 1.03 bits per heavy atom.